The third-order valence-corrected chi connectivity index (χ3v) is 4.04. The molecule has 26 heavy (non-hydrogen) atoms. The average molecular weight is 344 g/mol. The number of nitrogens with zero attached hydrogens (tertiary/aromatic N) is 4. The highest BCUT2D eigenvalue weighted by Gasteiger charge is 2.16. The van der Waals surface area contributed by atoms with Gasteiger partial charge in [-0.05, 0) is 38.1 Å². The van der Waals surface area contributed by atoms with Gasteiger partial charge in [-0.1, -0.05) is 30.3 Å². The number of hydrogen-bond acceptors (Lipinski definition) is 6. The van der Waals surface area contributed by atoms with E-state index in [4.69, 9.17) is 11.5 Å². The summed E-state index contributed by atoms with van der Waals surface area (Å²) >= 11 is 0. The van der Waals surface area contributed by atoms with Gasteiger partial charge in [0, 0.05) is 23.0 Å². The van der Waals surface area contributed by atoms with Crippen molar-refractivity contribution in [2.45, 2.75) is 19.9 Å². The van der Waals surface area contributed by atoms with Crippen molar-refractivity contribution in [2.75, 3.05) is 16.4 Å². The normalized spacial score (nSPS) is 10.5. The second kappa shape index (κ2) is 7.11. The van der Waals surface area contributed by atoms with E-state index < -0.39 is 0 Å². The highest BCUT2D eigenvalue weighted by Crippen LogP contribution is 2.31. The molecule has 1 heterocycles. The highest BCUT2D eigenvalue weighted by molar-refractivity contribution is 5.75. The quantitative estimate of drug-likeness (QED) is 0.747. The van der Waals surface area contributed by atoms with E-state index in [9.17, 15) is 5.26 Å². The van der Waals surface area contributed by atoms with Crippen LogP contribution >= 0.6 is 0 Å². The number of rotatable bonds is 4. The monoisotopic (exact) mass is 344 g/mol. The molecular formula is C20H20N6. The summed E-state index contributed by atoms with van der Waals surface area (Å²) in [4.78, 5) is 10.3. The van der Waals surface area contributed by atoms with E-state index in [1.165, 1.54) is 0 Å². The number of nitriles is 1. The predicted molar refractivity (Wildman–Crippen MR) is 105 cm³/mol. The van der Waals surface area contributed by atoms with Gasteiger partial charge >= 0.3 is 0 Å². The molecule has 0 aliphatic rings. The molecule has 3 aromatic rings. The molecule has 0 spiro atoms. The number of aromatic nitrogens is 2. The van der Waals surface area contributed by atoms with Crippen LogP contribution in [0.1, 0.15) is 19.4 Å². The van der Waals surface area contributed by atoms with Crippen molar-refractivity contribution in [3.8, 4) is 17.3 Å². The summed E-state index contributed by atoms with van der Waals surface area (Å²) in [6.07, 6.45) is 0. The lowest BCUT2D eigenvalue weighted by atomic mass is 10.1. The minimum atomic E-state index is 0.0497. The molecular weight excluding hydrogens is 324 g/mol. The predicted octanol–water partition coefficient (Wildman–Crippen LogP) is 3.73. The molecule has 0 amide bonds. The van der Waals surface area contributed by atoms with Crippen LogP contribution in [0.4, 0.5) is 23.1 Å². The van der Waals surface area contributed by atoms with E-state index in [2.05, 4.69) is 46.9 Å². The molecule has 6 heteroatoms. The number of para-hydroxylation sites is 1. The Morgan fingerprint density at radius 2 is 1.54 bits per heavy atom. The molecule has 0 saturated heterocycles. The average Bonchev–Trinajstić information content (AvgIpc) is 2.62. The van der Waals surface area contributed by atoms with Gasteiger partial charge in [-0.25, -0.2) is 4.98 Å². The summed E-state index contributed by atoms with van der Waals surface area (Å²) in [7, 11) is 0. The van der Waals surface area contributed by atoms with Gasteiger partial charge < -0.3 is 16.4 Å². The Bertz CT molecular complexity index is 943. The van der Waals surface area contributed by atoms with Crippen LogP contribution in [0.3, 0.4) is 0 Å². The van der Waals surface area contributed by atoms with Crippen molar-refractivity contribution in [3.63, 3.8) is 0 Å². The Kier molecular flexibility index (Phi) is 4.72. The molecule has 0 unspecified atom stereocenters. The van der Waals surface area contributed by atoms with Gasteiger partial charge in [0.25, 0.3) is 0 Å². The van der Waals surface area contributed by atoms with E-state index in [-0.39, 0.29) is 23.4 Å². The summed E-state index contributed by atoms with van der Waals surface area (Å²) < 4.78 is 0. The topological polar surface area (TPSA) is 105 Å². The fourth-order valence-corrected chi connectivity index (χ4v) is 2.93. The van der Waals surface area contributed by atoms with Crippen molar-refractivity contribution < 1.29 is 0 Å². The molecule has 0 bridgehead atoms. The summed E-state index contributed by atoms with van der Waals surface area (Å²) in [6, 6.07) is 20.3. The van der Waals surface area contributed by atoms with Gasteiger partial charge in [-0.3, -0.25) is 0 Å². The van der Waals surface area contributed by atoms with E-state index in [1.54, 1.807) is 0 Å². The van der Waals surface area contributed by atoms with E-state index >= 15 is 0 Å². The summed E-state index contributed by atoms with van der Waals surface area (Å²) in [5, 5.41) is 9.36. The molecule has 130 valence electrons. The van der Waals surface area contributed by atoms with E-state index in [0.717, 1.165) is 16.9 Å². The van der Waals surface area contributed by atoms with Crippen molar-refractivity contribution in [1.82, 2.24) is 9.97 Å². The lowest BCUT2D eigenvalue weighted by Gasteiger charge is -2.29. The second-order valence-electron chi connectivity index (χ2n) is 6.15. The molecule has 0 atom stereocenters. The minimum Gasteiger partial charge on any atom is -0.382 e. The molecule has 2 aromatic carbocycles. The van der Waals surface area contributed by atoms with Gasteiger partial charge in [-0.2, -0.15) is 10.2 Å². The van der Waals surface area contributed by atoms with Crippen LogP contribution in [-0.2, 0) is 0 Å². The van der Waals surface area contributed by atoms with Gasteiger partial charge in [0.2, 0.25) is 5.95 Å². The Morgan fingerprint density at radius 3 is 2.12 bits per heavy atom. The smallest absolute Gasteiger partial charge is 0.222 e. The van der Waals surface area contributed by atoms with Gasteiger partial charge in [0.05, 0.1) is 5.69 Å². The van der Waals surface area contributed by atoms with Crippen LogP contribution in [-0.4, -0.2) is 16.0 Å². The van der Waals surface area contributed by atoms with Crippen LogP contribution < -0.4 is 16.4 Å². The first-order chi connectivity index (χ1) is 12.5. The lowest BCUT2D eigenvalue weighted by molar-refractivity contribution is 0.789. The van der Waals surface area contributed by atoms with Crippen molar-refractivity contribution in [3.05, 3.63) is 60.2 Å². The van der Waals surface area contributed by atoms with Crippen LogP contribution in [0, 0.1) is 11.3 Å². The summed E-state index contributed by atoms with van der Waals surface area (Å²) in [6.45, 7) is 4.28. The van der Waals surface area contributed by atoms with Crippen molar-refractivity contribution in [1.29, 1.82) is 5.26 Å². The molecule has 0 aliphatic heterocycles. The largest absolute Gasteiger partial charge is 0.382 e. The summed E-state index contributed by atoms with van der Waals surface area (Å²) in [5.41, 5.74) is 15.1. The van der Waals surface area contributed by atoms with Crippen molar-refractivity contribution in [2.24, 2.45) is 0 Å². The van der Waals surface area contributed by atoms with Gasteiger partial charge in [0.15, 0.2) is 0 Å². The molecule has 3 rings (SSSR count). The Balaban J connectivity index is 2.03. The molecule has 0 fully saturated rings. The number of benzene rings is 2. The maximum atomic E-state index is 9.36. The Morgan fingerprint density at radius 1 is 0.923 bits per heavy atom. The van der Waals surface area contributed by atoms with Crippen LogP contribution in [0.15, 0.2) is 54.6 Å². The summed E-state index contributed by atoms with van der Waals surface area (Å²) in [5.74, 6) is 0.140. The third kappa shape index (κ3) is 3.28. The second-order valence-corrected chi connectivity index (χ2v) is 6.15. The van der Waals surface area contributed by atoms with Crippen LogP contribution in [0.25, 0.3) is 11.3 Å². The lowest BCUT2D eigenvalue weighted by Crippen LogP contribution is -2.25. The molecule has 0 aliphatic carbocycles. The number of hydrogen-bond donors (Lipinski definition) is 2. The first-order valence-electron chi connectivity index (χ1n) is 8.29. The van der Waals surface area contributed by atoms with Crippen LogP contribution in [0.5, 0.6) is 0 Å². The molecule has 0 radical (unpaired) electrons. The standard InChI is InChI=1S/C20H20N6/c1-13(2)26(15-6-4-3-5-7-15)16-10-8-14(9-11-16)18-17(12-21)19(22)25-20(23)24-18/h3-11,13H,1-2H3,(H4,22,23,24,25). The fraction of sp³-hybridized carbons (Fsp3) is 0.150. The molecule has 0 saturated carbocycles. The Hall–Kier alpha value is -3.59. The zero-order valence-corrected chi connectivity index (χ0v) is 14.7. The van der Waals surface area contributed by atoms with Crippen molar-refractivity contribution >= 4 is 23.1 Å². The maximum absolute atomic E-state index is 9.36. The zero-order chi connectivity index (χ0) is 18.7. The highest BCUT2D eigenvalue weighted by atomic mass is 15.2. The number of nitrogen functional groups attached to an aromatic ring is 2. The van der Waals surface area contributed by atoms with Gasteiger partial charge in [0.1, 0.15) is 17.5 Å². The zero-order valence-electron chi connectivity index (χ0n) is 14.7. The first-order valence-corrected chi connectivity index (χ1v) is 8.29. The third-order valence-electron chi connectivity index (χ3n) is 4.04. The number of anilines is 4. The van der Waals surface area contributed by atoms with Crippen LogP contribution in [0.2, 0.25) is 0 Å². The number of nitrogens with two attached hydrogens (primary N) is 2. The van der Waals surface area contributed by atoms with Gasteiger partial charge in [-0.15, -0.1) is 0 Å². The van der Waals surface area contributed by atoms with E-state index in [0.29, 0.717) is 5.69 Å². The fourth-order valence-electron chi connectivity index (χ4n) is 2.93. The Labute approximate surface area is 152 Å². The minimum absolute atomic E-state index is 0.0497. The molecule has 1 aromatic heterocycles. The molecule has 6 nitrogen and oxygen atoms in total. The SMILES string of the molecule is CC(C)N(c1ccccc1)c1ccc(-c2nc(N)nc(N)c2C#N)cc1. The molecule has 4 N–H and O–H groups in total. The first kappa shape index (κ1) is 17.2. The van der Waals surface area contributed by atoms with E-state index in [1.807, 2.05) is 42.5 Å². The maximum Gasteiger partial charge on any atom is 0.222 e.